The maximum absolute atomic E-state index is 14.2. The summed E-state index contributed by atoms with van der Waals surface area (Å²) in [5, 5.41) is 13.4. The number of aromatic nitrogens is 2. The second kappa shape index (κ2) is 7.46. The van der Waals surface area contributed by atoms with Crippen molar-refractivity contribution in [1.82, 2.24) is 9.78 Å². The first-order valence-electron chi connectivity index (χ1n) is 7.52. The molecule has 0 saturated carbocycles. The average molecular weight is 371 g/mol. The Hall–Kier alpha value is -1.70. The zero-order valence-corrected chi connectivity index (χ0v) is 15.6. The van der Waals surface area contributed by atoms with E-state index in [0.717, 1.165) is 6.04 Å². The molecule has 2 rings (SSSR count). The number of carboxylic acids is 1. The van der Waals surface area contributed by atoms with Crippen molar-refractivity contribution in [2.45, 2.75) is 32.4 Å². The van der Waals surface area contributed by atoms with Crippen molar-refractivity contribution in [2.24, 2.45) is 0 Å². The first-order valence-corrected chi connectivity index (χ1v) is 11.6. The van der Waals surface area contributed by atoms with Gasteiger partial charge in [0.15, 0.2) is 5.69 Å². The van der Waals surface area contributed by atoms with E-state index in [0.29, 0.717) is 12.3 Å². The molecule has 0 unspecified atom stereocenters. The summed E-state index contributed by atoms with van der Waals surface area (Å²) in [6.07, 6.45) is 0. The number of carbonyl (C=O) groups is 1. The number of rotatable bonds is 7. The largest absolute Gasteiger partial charge is 0.476 e. The molecule has 1 heterocycles. The smallest absolute Gasteiger partial charge is 0.356 e. The molecule has 24 heavy (non-hydrogen) atoms. The van der Waals surface area contributed by atoms with Gasteiger partial charge in [0, 0.05) is 25.3 Å². The van der Waals surface area contributed by atoms with Crippen LogP contribution in [0.4, 0.5) is 4.39 Å². The number of nitrogens with zero attached hydrogens (tertiary/aromatic N) is 2. The Kier molecular flexibility index (Phi) is 5.79. The molecule has 5 nitrogen and oxygen atoms in total. The molecular formula is C16H20ClFN2O3Si. The molecule has 2 aromatic rings. The highest BCUT2D eigenvalue weighted by atomic mass is 35.5. The molecule has 0 saturated heterocycles. The first-order chi connectivity index (χ1) is 11.2. The Morgan fingerprint density at radius 2 is 2.08 bits per heavy atom. The molecule has 8 heteroatoms. The molecule has 0 atom stereocenters. The van der Waals surface area contributed by atoms with Crippen molar-refractivity contribution in [3.05, 3.63) is 40.8 Å². The molecule has 1 aromatic heterocycles. The summed E-state index contributed by atoms with van der Waals surface area (Å²) in [6, 6.07) is 6.53. The van der Waals surface area contributed by atoms with Gasteiger partial charge in [0.2, 0.25) is 0 Å². The van der Waals surface area contributed by atoms with Crippen molar-refractivity contribution in [3.63, 3.8) is 0 Å². The van der Waals surface area contributed by atoms with Crippen LogP contribution in [0.2, 0.25) is 30.7 Å². The van der Waals surface area contributed by atoms with Crippen LogP contribution in [0.15, 0.2) is 24.3 Å². The van der Waals surface area contributed by atoms with Gasteiger partial charge in [-0.2, -0.15) is 5.10 Å². The topological polar surface area (TPSA) is 64.4 Å². The normalized spacial score (nSPS) is 11.7. The fourth-order valence-electron chi connectivity index (χ4n) is 2.06. The van der Waals surface area contributed by atoms with Crippen LogP contribution in [0.5, 0.6) is 0 Å². The minimum atomic E-state index is -1.22. The number of benzene rings is 1. The highest BCUT2D eigenvalue weighted by Crippen LogP contribution is 2.26. The summed E-state index contributed by atoms with van der Waals surface area (Å²) in [6.45, 7) is 7.33. The second-order valence-electron chi connectivity index (χ2n) is 6.69. The van der Waals surface area contributed by atoms with E-state index in [4.69, 9.17) is 21.4 Å². The van der Waals surface area contributed by atoms with E-state index in [1.165, 1.54) is 22.9 Å². The fourth-order valence-corrected chi connectivity index (χ4v) is 2.98. The van der Waals surface area contributed by atoms with Gasteiger partial charge in [0.25, 0.3) is 0 Å². The molecule has 0 aliphatic heterocycles. The Balaban J connectivity index is 2.25. The number of halogens is 2. The molecule has 0 amide bonds. The molecule has 1 aromatic carbocycles. The molecule has 0 radical (unpaired) electrons. The summed E-state index contributed by atoms with van der Waals surface area (Å²) < 4.78 is 21.1. The third kappa shape index (κ3) is 4.89. The molecule has 130 valence electrons. The van der Waals surface area contributed by atoms with E-state index < -0.39 is 19.9 Å². The van der Waals surface area contributed by atoms with Gasteiger partial charge in [-0.1, -0.05) is 31.2 Å². The Bertz CT molecular complexity index is 743. The Morgan fingerprint density at radius 3 is 2.67 bits per heavy atom. The molecule has 0 aliphatic carbocycles. The van der Waals surface area contributed by atoms with E-state index in [2.05, 4.69) is 24.7 Å². The van der Waals surface area contributed by atoms with Gasteiger partial charge in [0.05, 0.1) is 5.69 Å². The number of aromatic carboxylic acids is 1. The van der Waals surface area contributed by atoms with Crippen molar-refractivity contribution >= 4 is 25.6 Å². The molecule has 0 fully saturated rings. The van der Waals surface area contributed by atoms with Crippen LogP contribution in [0, 0.1) is 5.82 Å². The monoisotopic (exact) mass is 370 g/mol. The van der Waals surface area contributed by atoms with Crippen LogP contribution < -0.4 is 0 Å². The van der Waals surface area contributed by atoms with Gasteiger partial charge in [0.1, 0.15) is 12.5 Å². The summed E-state index contributed by atoms with van der Waals surface area (Å²) in [5.41, 5.74) is 0.413. The molecule has 0 spiro atoms. The Labute approximate surface area is 146 Å². The predicted molar refractivity (Wildman–Crippen MR) is 93.7 cm³/mol. The van der Waals surface area contributed by atoms with E-state index in [1.54, 1.807) is 6.07 Å². The van der Waals surface area contributed by atoms with Crippen LogP contribution in [-0.4, -0.2) is 35.5 Å². The zero-order valence-electron chi connectivity index (χ0n) is 13.8. The van der Waals surface area contributed by atoms with E-state index in [-0.39, 0.29) is 23.0 Å². The number of ether oxygens (including phenoxy) is 1. The quantitative estimate of drug-likeness (QED) is 0.581. The first kappa shape index (κ1) is 18.6. The van der Waals surface area contributed by atoms with Gasteiger partial charge >= 0.3 is 5.97 Å². The Morgan fingerprint density at radius 1 is 1.38 bits per heavy atom. The third-order valence-corrected chi connectivity index (χ3v) is 5.36. The van der Waals surface area contributed by atoms with Gasteiger partial charge in [-0.05, 0) is 30.3 Å². The van der Waals surface area contributed by atoms with Crippen LogP contribution in [-0.2, 0) is 11.5 Å². The molecule has 1 N–H and O–H groups in total. The van der Waals surface area contributed by atoms with Gasteiger partial charge in [-0.3, -0.25) is 0 Å². The van der Waals surface area contributed by atoms with Gasteiger partial charge in [-0.15, -0.1) is 0 Å². The average Bonchev–Trinajstić information content (AvgIpc) is 2.87. The van der Waals surface area contributed by atoms with Crippen molar-refractivity contribution in [3.8, 4) is 11.3 Å². The number of hydrogen-bond acceptors (Lipinski definition) is 3. The maximum Gasteiger partial charge on any atom is 0.356 e. The fraction of sp³-hybridized carbons (Fsp3) is 0.375. The maximum atomic E-state index is 14.2. The highest BCUT2D eigenvalue weighted by molar-refractivity contribution is 6.76. The standard InChI is InChI=1S/C16H20ClFN2O3Si/c1-24(2,3)7-6-23-10-20-15(9-14(19-20)16(21)22)12-5-4-11(17)8-13(12)18/h4-5,8-9H,6-7,10H2,1-3H3,(H,21,22). The number of hydrogen-bond donors (Lipinski definition) is 1. The lowest BCUT2D eigenvalue weighted by Gasteiger charge is -2.16. The summed E-state index contributed by atoms with van der Waals surface area (Å²) in [7, 11) is -1.22. The third-order valence-electron chi connectivity index (χ3n) is 3.42. The van der Waals surface area contributed by atoms with Gasteiger partial charge < -0.3 is 9.84 Å². The van der Waals surface area contributed by atoms with Crippen molar-refractivity contribution < 1.29 is 19.0 Å². The molecule has 0 bridgehead atoms. The van der Waals surface area contributed by atoms with Crippen LogP contribution in [0.1, 0.15) is 10.5 Å². The molecular weight excluding hydrogens is 351 g/mol. The lowest BCUT2D eigenvalue weighted by Crippen LogP contribution is -2.22. The lowest BCUT2D eigenvalue weighted by atomic mass is 10.1. The van der Waals surface area contributed by atoms with E-state index >= 15 is 0 Å². The highest BCUT2D eigenvalue weighted by Gasteiger charge is 2.18. The minimum absolute atomic E-state index is 0.0646. The zero-order chi connectivity index (χ0) is 17.9. The predicted octanol–water partition coefficient (Wildman–Crippen LogP) is 4.35. The van der Waals surface area contributed by atoms with Crippen LogP contribution in [0.3, 0.4) is 0 Å². The number of carboxylic acid groups (broad SMARTS) is 1. The summed E-state index contributed by atoms with van der Waals surface area (Å²) in [5.74, 6) is -1.71. The molecule has 0 aliphatic rings. The minimum Gasteiger partial charge on any atom is -0.476 e. The van der Waals surface area contributed by atoms with Crippen LogP contribution in [0.25, 0.3) is 11.3 Å². The van der Waals surface area contributed by atoms with E-state index in [9.17, 15) is 9.18 Å². The summed E-state index contributed by atoms with van der Waals surface area (Å²) >= 11 is 5.77. The van der Waals surface area contributed by atoms with E-state index in [1.807, 2.05) is 0 Å². The second-order valence-corrected chi connectivity index (χ2v) is 12.7. The lowest BCUT2D eigenvalue weighted by molar-refractivity contribution is 0.0673. The summed E-state index contributed by atoms with van der Waals surface area (Å²) in [4.78, 5) is 11.2. The van der Waals surface area contributed by atoms with Crippen molar-refractivity contribution in [2.75, 3.05) is 6.61 Å². The van der Waals surface area contributed by atoms with Crippen molar-refractivity contribution in [1.29, 1.82) is 0 Å². The van der Waals surface area contributed by atoms with Crippen LogP contribution >= 0.6 is 11.6 Å². The SMILES string of the molecule is C[Si](C)(C)CCOCn1nc(C(=O)O)cc1-c1ccc(Cl)cc1F. The van der Waals surface area contributed by atoms with Gasteiger partial charge in [-0.25, -0.2) is 13.9 Å².